The minimum atomic E-state index is -3.67. The molecule has 0 aliphatic carbocycles. The zero-order chi connectivity index (χ0) is 8.73. The predicted octanol–water partition coefficient (Wildman–Crippen LogP) is -2.80. The van der Waals surface area contributed by atoms with Crippen LogP contribution >= 0.6 is 0 Å². The first-order valence-corrected chi connectivity index (χ1v) is 2.17. The SMILES string of the molecule is C=C(C)C(=O)[O-].FB(F)F.[Na+]. The maximum absolute atomic E-state index is 9.67. The van der Waals surface area contributed by atoms with Crippen LogP contribution in [0.2, 0.25) is 0 Å². The van der Waals surface area contributed by atoms with E-state index in [1.807, 2.05) is 0 Å². The van der Waals surface area contributed by atoms with E-state index in [0.29, 0.717) is 0 Å². The van der Waals surface area contributed by atoms with Crippen molar-refractivity contribution in [3.05, 3.63) is 12.2 Å². The molecule has 0 aromatic rings. The van der Waals surface area contributed by atoms with Gasteiger partial charge in [0.25, 0.3) is 0 Å². The molecular weight excluding hydrogens is 171 g/mol. The molecule has 0 N–H and O–H groups in total. The van der Waals surface area contributed by atoms with Crippen molar-refractivity contribution in [3.63, 3.8) is 0 Å². The Morgan fingerprint density at radius 1 is 1.45 bits per heavy atom. The number of carbonyl (C=O) groups is 1. The summed E-state index contributed by atoms with van der Waals surface area (Å²) >= 11 is 0. The first-order chi connectivity index (χ1) is 4.37. The largest absolute Gasteiger partial charge is 1.00 e. The topological polar surface area (TPSA) is 40.1 Å². The average molecular weight is 176 g/mol. The number of carboxylic acids is 1. The van der Waals surface area contributed by atoms with E-state index in [1.165, 1.54) is 6.92 Å². The van der Waals surface area contributed by atoms with Crippen molar-refractivity contribution in [1.29, 1.82) is 0 Å². The van der Waals surface area contributed by atoms with Gasteiger partial charge < -0.3 is 9.90 Å². The van der Waals surface area contributed by atoms with Gasteiger partial charge in [0.05, 0.1) is 5.97 Å². The van der Waals surface area contributed by atoms with Gasteiger partial charge in [-0.3, -0.25) is 12.9 Å². The first kappa shape index (κ1) is 17.2. The third-order valence-corrected chi connectivity index (χ3v) is 0.348. The van der Waals surface area contributed by atoms with Gasteiger partial charge in [-0.25, -0.2) is 0 Å². The molecular formula is C4H5BF3NaO2. The zero-order valence-electron chi connectivity index (χ0n) is 6.23. The van der Waals surface area contributed by atoms with Crippen molar-refractivity contribution in [1.82, 2.24) is 0 Å². The molecule has 0 atom stereocenters. The van der Waals surface area contributed by atoms with Crippen LogP contribution in [-0.2, 0) is 4.79 Å². The fourth-order valence-corrected chi connectivity index (χ4v) is 0. The normalized spacial score (nSPS) is 6.55. The second-order valence-electron chi connectivity index (χ2n) is 1.32. The molecule has 58 valence electrons. The Hall–Kier alpha value is 0.0649. The third-order valence-electron chi connectivity index (χ3n) is 0.348. The van der Waals surface area contributed by atoms with Crippen molar-refractivity contribution in [2.75, 3.05) is 0 Å². The van der Waals surface area contributed by atoms with E-state index in [2.05, 4.69) is 6.58 Å². The van der Waals surface area contributed by atoms with Crippen LogP contribution in [0.3, 0.4) is 0 Å². The van der Waals surface area contributed by atoms with Crippen molar-refractivity contribution in [2.45, 2.75) is 6.92 Å². The summed E-state index contributed by atoms with van der Waals surface area (Å²) < 4.78 is 29.0. The van der Waals surface area contributed by atoms with Gasteiger partial charge in [0.15, 0.2) is 0 Å². The number of carboxylic acid groups (broad SMARTS) is 1. The van der Waals surface area contributed by atoms with E-state index in [9.17, 15) is 22.8 Å². The summed E-state index contributed by atoms with van der Waals surface area (Å²) in [6.45, 7) is 4.48. The molecule has 0 aromatic heterocycles. The smallest absolute Gasteiger partial charge is 0.545 e. The number of hydrogen-bond acceptors (Lipinski definition) is 2. The van der Waals surface area contributed by atoms with Crippen LogP contribution in [0.4, 0.5) is 12.9 Å². The van der Waals surface area contributed by atoms with E-state index in [0.717, 1.165) is 0 Å². The monoisotopic (exact) mass is 176 g/mol. The third kappa shape index (κ3) is 39.6. The number of rotatable bonds is 1. The molecule has 0 fully saturated rings. The Labute approximate surface area is 85.0 Å². The van der Waals surface area contributed by atoms with Gasteiger partial charge in [0, 0.05) is 0 Å². The Morgan fingerprint density at radius 3 is 1.55 bits per heavy atom. The fourth-order valence-electron chi connectivity index (χ4n) is 0. The fraction of sp³-hybridized carbons (Fsp3) is 0.250. The van der Waals surface area contributed by atoms with E-state index in [-0.39, 0.29) is 35.1 Å². The van der Waals surface area contributed by atoms with E-state index < -0.39 is 13.5 Å². The van der Waals surface area contributed by atoms with E-state index in [4.69, 9.17) is 0 Å². The van der Waals surface area contributed by atoms with Crippen LogP contribution < -0.4 is 34.7 Å². The van der Waals surface area contributed by atoms with Gasteiger partial charge in [0.2, 0.25) is 0 Å². The minimum Gasteiger partial charge on any atom is -0.545 e. The van der Waals surface area contributed by atoms with Gasteiger partial charge in [-0.2, -0.15) is 0 Å². The Morgan fingerprint density at radius 2 is 1.55 bits per heavy atom. The summed E-state index contributed by atoms with van der Waals surface area (Å²) in [5.74, 6) is -1.19. The number of aliphatic carboxylic acids is 1. The molecule has 0 amide bonds. The molecule has 0 spiro atoms. The van der Waals surface area contributed by atoms with E-state index in [1.54, 1.807) is 0 Å². The molecule has 0 aromatic carbocycles. The van der Waals surface area contributed by atoms with E-state index >= 15 is 0 Å². The van der Waals surface area contributed by atoms with Crippen molar-refractivity contribution < 1.29 is 52.4 Å². The summed E-state index contributed by atoms with van der Waals surface area (Å²) in [5.41, 5.74) is 0.0648. The van der Waals surface area contributed by atoms with Crippen molar-refractivity contribution in [2.24, 2.45) is 0 Å². The standard InChI is InChI=1S/C4H6O2.BF3.Na/c1-3(2)4(5)6;2-1(3)4;/h1H2,2H3,(H,5,6);;/q;;+1/p-1. The number of hydrogen-bond donors (Lipinski definition) is 0. The van der Waals surface area contributed by atoms with Gasteiger partial charge in [-0.1, -0.05) is 6.58 Å². The quantitative estimate of drug-likeness (QED) is 0.319. The van der Waals surface area contributed by atoms with Crippen LogP contribution in [0.25, 0.3) is 0 Å². The zero-order valence-corrected chi connectivity index (χ0v) is 8.23. The van der Waals surface area contributed by atoms with Crippen LogP contribution in [0, 0.1) is 0 Å². The molecule has 0 saturated heterocycles. The molecule has 0 heterocycles. The van der Waals surface area contributed by atoms with Gasteiger partial charge in [0.1, 0.15) is 0 Å². The molecule has 0 bridgehead atoms. The Balaban J connectivity index is -0.000000114. The maximum Gasteiger partial charge on any atom is 1.00 e. The van der Waals surface area contributed by atoms with Crippen molar-refractivity contribution in [3.8, 4) is 0 Å². The maximum atomic E-state index is 9.67. The molecule has 0 aliphatic rings. The van der Waals surface area contributed by atoms with Crippen LogP contribution in [-0.4, -0.2) is 13.5 Å². The summed E-state index contributed by atoms with van der Waals surface area (Å²) in [5, 5.41) is 9.49. The summed E-state index contributed by atoms with van der Waals surface area (Å²) in [7, 11) is -3.67. The molecule has 0 radical (unpaired) electrons. The van der Waals surface area contributed by atoms with Gasteiger partial charge in [-0.05, 0) is 12.5 Å². The summed E-state index contributed by atoms with van der Waals surface area (Å²) in [6, 6.07) is 0. The predicted molar refractivity (Wildman–Crippen MR) is 28.9 cm³/mol. The molecule has 0 aliphatic heterocycles. The summed E-state index contributed by atoms with van der Waals surface area (Å²) in [4.78, 5) is 9.49. The minimum absolute atomic E-state index is 0. The molecule has 0 saturated carbocycles. The van der Waals surface area contributed by atoms with Crippen LogP contribution in [0.1, 0.15) is 6.92 Å². The Kier molecular flexibility index (Phi) is 15.8. The molecule has 11 heavy (non-hydrogen) atoms. The molecule has 2 nitrogen and oxygen atoms in total. The van der Waals surface area contributed by atoms with Crippen LogP contribution in [0.5, 0.6) is 0 Å². The Bertz CT molecular complexity index is 116. The molecule has 0 unspecified atom stereocenters. The van der Waals surface area contributed by atoms with Crippen LogP contribution in [0.15, 0.2) is 12.2 Å². The molecule has 7 heteroatoms. The van der Waals surface area contributed by atoms with Crippen molar-refractivity contribution >= 4 is 13.5 Å². The van der Waals surface area contributed by atoms with Gasteiger partial charge >= 0.3 is 37.1 Å². The second-order valence-corrected chi connectivity index (χ2v) is 1.32. The average Bonchev–Trinajstić information content (AvgIpc) is 1.63. The number of halogens is 3. The summed E-state index contributed by atoms with van der Waals surface area (Å²) in [6.07, 6.45) is 0. The first-order valence-electron chi connectivity index (χ1n) is 2.17. The van der Waals surface area contributed by atoms with Gasteiger partial charge in [-0.15, -0.1) is 0 Å². The number of carbonyl (C=O) groups excluding carboxylic acids is 1. The molecule has 0 rings (SSSR count). The second kappa shape index (κ2) is 10.1.